The second-order valence-electron chi connectivity index (χ2n) is 5.84. The molecule has 0 saturated heterocycles. The third-order valence-electron chi connectivity index (χ3n) is 3.92. The van der Waals surface area contributed by atoms with E-state index in [1.807, 2.05) is 6.92 Å². The topological polar surface area (TPSA) is 115 Å². The second kappa shape index (κ2) is 5.65. The van der Waals surface area contributed by atoms with Gasteiger partial charge in [0.25, 0.3) is 0 Å². The van der Waals surface area contributed by atoms with Gasteiger partial charge in [-0.05, 0) is 38.0 Å². The molecule has 1 aliphatic carbocycles. The van der Waals surface area contributed by atoms with Crippen molar-refractivity contribution >= 4 is 21.6 Å². The Morgan fingerprint density at radius 2 is 1.86 bits per heavy atom. The molecule has 0 aromatic heterocycles. The number of nitrogen functional groups attached to an aromatic ring is 1. The zero-order chi connectivity index (χ0) is 15.7. The minimum atomic E-state index is -3.72. The number of hydrogen-bond donors (Lipinski definition) is 3. The van der Waals surface area contributed by atoms with E-state index in [1.165, 1.54) is 18.2 Å². The van der Waals surface area contributed by atoms with Crippen LogP contribution in [-0.4, -0.2) is 19.9 Å². The van der Waals surface area contributed by atoms with Crippen LogP contribution < -0.4 is 16.2 Å². The highest BCUT2D eigenvalue weighted by atomic mass is 32.2. The number of rotatable bonds is 4. The monoisotopic (exact) mass is 311 g/mol. The molecule has 2 rings (SSSR count). The molecule has 5 N–H and O–H groups in total. The van der Waals surface area contributed by atoms with Crippen molar-refractivity contribution in [2.24, 2.45) is 5.73 Å². The van der Waals surface area contributed by atoms with Crippen molar-refractivity contribution in [3.63, 3.8) is 0 Å². The summed E-state index contributed by atoms with van der Waals surface area (Å²) in [6.45, 7) is 1.91. The fraction of sp³-hybridized carbons (Fsp3) is 0.500. The summed E-state index contributed by atoms with van der Waals surface area (Å²) in [7, 11) is -3.72. The van der Waals surface area contributed by atoms with E-state index in [0.29, 0.717) is 0 Å². The van der Waals surface area contributed by atoms with E-state index in [0.717, 1.165) is 32.1 Å². The van der Waals surface area contributed by atoms with E-state index in [2.05, 4.69) is 4.72 Å². The Bertz CT molecular complexity index is 649. The van der Waals surface area contributed by atoms with Gasteiger partial charge in [0.15, 0.2) is 0 Å². The third-order valence-corrected chi connectivity index (χ3v) is 5.63. The van der Waals surface area contributed by atoms with Gasteiger partial charge in [0, 0.05) is 11.1 Å². The molecule has 1 saturated carbocycles. The third kappa shape index (κ3) is 3.54. The lowest BCUT2D eigenvalue weighted by Gasteiger charge is -2.34. The first-order valence-corrected chi connectivity index (χ1v) is 8.45. The van der Waals surface area contributed by atoms with E-state index >= 15 is 0 Å². The number of anilines is 1. The summed E-state index contributed by atoms with van der Waals surface area (Å²) in [5, 5.41) is 0. The summed E-state index contributed by atoms with van der Waals surface area (Å²) in [6.07, 6.45) is 4.77. The van der Waals surface area contributed by atoms with E-state index < -0.39 is 21.5 Å². The van der Waals surface area contributed by atoms with Crippen LogP contribution in [0.15, 0.2) is 23.1 Å². The van der Waals surface area contributed by atoms with E-state index in [4.69, 9.17) is 11.5 Å². The van der Waals surface area contributed by atoms with Crippen LogP contribution >= 0.6 is 0 Å². The highest BCUT2D eigenvalue weighted by Gasteiger charge is 2.32. The van der Waals surface area contributed by atoms with E-state index in [1.54, 1.807) is 0 Å². The van der Waals surface area contributed by atoms with Crippen molar-refractivity contribution in [1.29, 1.82) is 0 Å². The molecule has 6 nitrogen and oxygen atoms in total. The minimum Gasteiger partial charge on any atom is -0.398 e. The Balaban J connectivity index is 2.29. The van der Waals surface area contributed by atoms with Gasteiger partial charge in [-0.3, -0.25) is 4.79 Å². The standard InChI is InChI=1S/C14H21N3O3S/c1-14(7-3-2-4-8-14)17-21(19,20)12-6-5-10(13(16)18)9-11(12)15/h5-6,9,17H,2-4,7-8,15H2,1H3,(H2,16,18). The number of nitrogens with two attached hydrogens (primary N) is 2. The van der Waals surface area contributed by atoms with Crippen LogP contribution in [0.3, 0.4) is 0 Å². The van der Waals surface area contributed by atoms with Gasteiger partial charge in [-0.15, -0.1) is 0 Å². The maximum absolute atomic E-state index is 12.5. The zero-order valence-electron chi connectivity index (χ0n) is 12.1. The van der Waals surface area contributed by atoms with Crippen LogP contribution in [0.1, 0.15) is 49.4 Å². The van der Waals surface area contributed by atoms with Crippen molar-refractivity contribution in [3.05, 3.63) is 23.8 Å². The average Bonchev–Trinajstić information content (AvgIpc) is 2.37. The first-order valence-electron chi connectivity index (χ1n) is 6.97. The highest BCUT2D eigenvalue weighted by Crippen LogP contribution is 2.30. The molecule has 1 amide bonds. The predicted molar refractivity (Wildman–Crippen MR) is 81.2 cm³/mol. The molecule has 1 aromatic rings. The molecule has 0 heterocycles. The number of carbonyl (C=O) groups is 1. The molecule has 0 bridgehead atoms. The van der Waals surface area contributed by atoms with Gasteiger partial charge in [-0.25, -0.2) is 13.1 Å². The SMILES string of the molecule is CC1(NS(=O)(=O)c2ccc(C(N)=O)cc2N)CCCCC1. The lowest BCUT2D eigenvalue weighted by molar-refractivity contribution is 0.1000. The molecule has 1 fully saturated rings. The van der Waals surface area contributed by atoms with Gasteiger partial charge in [-0.2, -0.15) is 0 Å². The molecule has 1 aromatic carbocycles. The van der Waals surface area contributed by atoms with Crippen molar-refractivity contribution in [1.82, 2.24) is 4.72 Å². The molecule has 1 aliphatic rings. The molecular formula is C14H21N3O3S. The molecule has 0 radical (unpaired) electrons. The van der Waals surface area contributed by atoms with Crippen molar-refractivity contribution in [3.8, 4) is 0 Å². The first kappa shape index (κ1) is 15.8. The average molecular weight is 311 g/mol. The van der Waals surface area contributed by atoms with Crippen LogP contribution in [0.5, 0.6) is 0 Å². The number of hydrogen-bond acceptors (Lipinski definition) is 4. The number of primary amides is 1. The number of carbonyl (C=O) groups excluding carboxylic acids is 1. The molecule has 7 heteroatoms. The Morgan fingerprint density at radius 1 is 1.24 bits per heavy atom. The number of benzene rings is 1. The van der Waals surface area contributed by atoms with Gasteiger partial charge in [-0.1, -0.05) is 19.3 Å². The van der Waals surface area contributed by atoms with Gasteiger partial charge in [0.2, 0.25) is 15.9 Å². The second-order valence-corrected chi connectivity index (χ2v) is 7.49. The van der Waals surface area contributed by atoms with Gasteiger partial charge >= 0.3 is 0 Å². The maximum atomic E-state index is 12.5. The van der Waals surface area contributed by atoms with Crippen LogP contribution in [0.2, 0.25) is 0 Å². The smallest absolute Gasteiger partial charge is 0.248 e. The minimum absolute atomic E-state index is 0.0145. The number of sulfonamides is 1. The lowest BCUT2D eigenvalue weighted by atomic mass is 9.84. The number of amides is 1. The molecule has 0 spiro atoms. The molecular weight excluding hydrogens is 290 g/mol. The largest absolute Gasteiger partial charge is 0.398 e. The normalized spacial score (nSPS) is 18.3. The fourth-order valence-corrected chi connectivity index (χ4v) is 4.34. The van der Waals surface area contributed by atoms with Crippen LogP contribution in [0.4, 0.5) is 5.69 Å². The van der Waals surface area contributed by atoms with Crippen LogP contribution in [0, 0.1) is 0 Å². The van der Waals surface area contributed by atoms with Crippen molar-refractivity contribution in [2.75, 3.05) is 5.73 Å². The molecule has 0 atom stereocenters. The van der Waals surface area contributed by atoms with E-state index in [-0.39, 0.29) is 16.1 Å². The highest BCUT2D eigenvalue weighted by molar-refractivity contribution is 7.89. The Labute approximate surface area is 124 Å². The molecule has 0 unspecified atom stereocenters. The summed E-state index contributed by atoms with van der Waals surface area (Å²) in [4.78, 5) is 11.1. The predicted octanol–water partition coefficient (Wildman–Crippen LogP) is 1.37. The number of nitrogens with one attached hydrogen (secondary N) is 1. The summed E-state index contributed by atoms with van der Waals surface area (Å²) in [5.41, 5.74) is 10.7. The quantitative estimate of drug-likeness (QED) is 0.728. The zero-order valence-corrected chi connectivity index (χ0v) is 12.9. The van der Waals surface area contributed by atoms with Gasteiger partial charge in [0.05, 0.1) is 5.69 Å². The summed E-state index contributed by atoms with van der Waals surface area (Å²) < 4.78 is 27.8. The lowest BCUT2D eigenvalue weighted by Crippen LogP contribution is -2.47. The summed E-state index contributed by atoms with van der Waals surface area (Å²) >= 11 is 0. The van der Waals surface area contributed by atoms with Gasteiger partial charge < -0.3 is 11.5 Å². The Kier molecular flexibility index (Phi) is 4.25. The molecule has 21 heavy (non-hydrogen) atoms. The van der Waals surface area contributed by atoms with Crippen molar-refractivity contribution < 1.29 is 13.2 Å². The van der Waals surface area contributed by atoms with Crippen molar-refractivity contribution in [2.45, 2.75) is 49.5 Å². The van der Waals surface area contributed by atoms with Crippen LogP contribution in [-0.2, 0) is 10.0 Å². The van der Waals surface area contributed by atoms with Crippen LogP contribution in [0.25, 0.3) is 0 Å². The maximum Gasteiger partial charge on any atom is 0.248 e. The first-order chi connectivity index (χ1) is 9.73. The summed E-state index contributed by atoms with van der Waals surface area (Å²) in [5.74, 6) is -0.641. The molecule has 116 valence electrons. The summed E-state index contributed by atoms with van der Waals surface area (Å²) in [6, 6.07) is 3.99. The fourth-order valence-electron chi connectivity index (χ4n) is 2.76. The van der Waals surface area contributed by atoms with E-state index in [9.17, 15) is 13.2 Å². The Morgan fingerprint density at radius 3 is 2.38 bits per heavy atom. The van der Waals surface area contributed by atoms with Gasteiger partial charge in [0.1, 0.15) is 4.90 Å². The Hall–Kier alpha value is -1.60. The molecule has 0 aliphatic heterocycles.